The third-order valence-corrected chi connectivity index (χ3v) is 1.21. The molecule has 0 bridgehead atoms. The monoisotopic (exact) mass is 206 g/mol. The zero-order chi connectivity index (χ0) is 10.7. The Morgan fingerprint density at radius 2 is 1.62 bits per heavy atom. The average molecular weight is 206 g/mol. The van der Waals surface area contributed by atoms with Gasteiger partial charge in [-0.2, -0.15) is 13.2 Å². The van der Waals surface area contributed by atoms with Gasteiger partial charge in [0.05, 0.1) is 0 Å². The molecule has 0 rings (SSSR count). The second kappa shape index (κ2) is 4.02. The Morgan fingerprint density at radius 3 is 1.92 bits per heavy atom. The fourth-order valence-electron chi connectivity index (χ4n) is 0.734. The Labute approximate surface area is 71.2 Å². The summed E-state index contributed by atoms with van der Waals surface area (Å²) in [5, 5.41) is 0. The minimum Gasteiger partial charge on any atom is -0.243 e. The van der Waals surface area contributed by atoms with Gasteiger partial charge in [0.15, 0.2) is 0 Å². The molecule has 1 unspecified atom stereocenters. The summed E-state index contributed by atoms with van der Waals surface area (Å²) in [7, 11) is 0. The lowest BCUT2D eigenvalue weighted by molar-refractivity contribution is -0.191. The Balaban J connectivity index is 4.15. The van der Waals surface area contributed by atoms with Crippen LogP contribution in [0.15, 0.2) is 12.7 Å². The van der Waals surface area contributed by atoms with Gasteiger partial charge >= 0.3 is 6.18 Å². The van der Waals surface area contributed by atoms with E-state index in [1.165, 1.54) is 0 Å². The molecule has 0 radical (unpaired) electrons. The Kier molecular flexibility index (Phi) is 3.81. The number of rotatable bonds is 4. The molecule has 78 valence electrons. The Morgan fingerprint density at radius 1 is 1.15 bits per heavy atom. The number of alkyl halides is 6. The molecule has 0 aliphatic carbocycles. The highest BCUT2D eigenvalue weighted by Crippen LogP contribution is 2.35. The largest absolute Gasteiger partial charge is 0.394 e. The van der Waals surface area contributed by atoms with Crippen LogP contribution in [0.4, 0.5) is 26.3 Å². The average Bonchev–Trinajstić information content (AvgIpc) is 1.80. The molecule has 0 N–H and O–H groups in total. The zero-order valence-corrected chi connectivity index (χ0v) is 6.54. The predicted octanol–water partition coefficient (Wildman–Crippen LogP) is 3.49. The Bertz CT molecular complexity index is 170. The molecule has 0 aromatic heterocycles. The summed E-state index contributed by atoms with van der Waals surface area (Å²) in [4.78, 5) is 0. The minimum absolute atomic E-state index is 0.546. The van der Waals surface area contributed by atoms with Crippen LogP contribution in [0.3, 0.4) is 0 Å². The van der Waals surface area contributed by atoms with Gasteiger partial charge in [-0.3, -0.25) is 0 Å². The number of halogens is 6. The van der Waals surface area contributed by atoms with Crippen molar-refractivity contribution in [2.24, 2.45) is 0 Å². The summed E-state index contributed by atoms with van der Waals surface area (Å²) in [6.07, 6.45) is -10.3. The smallest absolute Gasteiger partial charge is 0.243 e. The van der Waals surface area contributed by atoms with Crippen LogP contribution in [0, 0.1) is 0 Å². The second-order valence-corrected chi connectivity index (χ2v) is 2.60. The molecule has 0 heterocycles. The molecule has 0 saturated carbocycles. The van der Waals surface area contributed by atoms with E-state index in [9.17, 15) is 26.3 Å². The normalized spacial score (nSPS) is 15.5. The predicted molar refractivity (Wildman–Crippen MR) is 35.3 cm³/mol. The third-order valence-electron chi connectivity index (χ3n) is 1.21. The van der Waals surface area contributed by atoms with Crippen molar-refractivity contribution in [2.45, 2.75) is 31.1 Å². The van der Waals surface area contributed by atoms with Crippen molar-refractivity contribution < 1.29 is 26.3 Å². The fraction of sp³-hybridized carbons (Fsp3) is 0.714. The first kappa shape index (κ1) is 12.3. The SMILES string of the molecule is C=CC(F)CC(F)(F)CC(F)(F)F. The summed E-state index contributed by atoms with van der Waals surface area (Å²) in [6, 6.07) is 0. The van der Waals surface area contributed by atoms with Crippen molar-refractivity contribution in [3.8, 4) is 0 Å². The lowest BCUT2D eigenvalue weighted by Gasteiger charge is -2.18. The molecule has 0 aliphatic heterocycles. The third kappa shape index (κ3) is 6.48. The highest BCUT2D eigenvalue weighted by molar-refractivity contribution is 4.85. The van der Waals surface area contributed by atoms with Gasteiger partial charge in [0, 0.05) is 6.42 Å². The van der Waals surface area contributed by atoms with E-state index in [1.54, 1.807) is 0 Å². The topological polar surface area (TPSA) is 0 Å². The molecule has 1 atom stereocenters. The summed E-state index contributed by atoms with van der Waals surface area (Å²) in [5.74, 6) is -4.06. The molecule has 6 heteroatoms. The maximum Gasteiger partial charge on any atom is 0.394 e. The maximum atomic E-state index is 12.3. The van der Waals surface area contributed by atoms with Crippen LogP contribution in [0.1, 0.15) is 12.8 Å². The summed E-state index contributed by atoms with van der Waals surface area (Å²) >= 11 is 0. The molecule has 0 nitrogen and oxygen atoms in total. The minimum atomic E-state index is -4.98. The quantitative estimate of drug-likeness (QED) is 0.488. The number of allylic oxidation sites excluding steroid dienone is 1. The fourth-order valence-corrected chi connectivity index (χ4v) is 0.734. The van der Waals surface area contributed by atoms with Crippen molar-refractivity contribution in [3.05, 3.63) is 12.7 Å². The molecular weight excluding hydrogens is 198 g/mol. The first-order valence-electron chi connectivity index (χ1n) is 3.37. The molecule has 0 aromatic carbocycles. The molecule has 0 fully saturated rings. The lowest BCUT2D eigenvalue weighted by atomic mass is 10.1. The lowest BCUT2D eigenvalue weighted by Crippen LogP contribution is -2.28. The van der Waals surface area contributed by atoms with E-state index in [1.807, 2.05) is 0 Å². The van der Waals surface area contributed by atoms with E-state index >= 15 is 0 Å². The van der Waals surface area contributed by atoms with E-state index in [0.717, 1.165) is 0 Å². The molecule has 0 saturated heterocycles. The van der Waals surface area contributed by atoms with Crippen LogP contribution in [0.2, 0.25) is 0 Å². The van der Waals surface area contributed by atoms with E-state index in [2.05, 4.69) is 6.58 Å². The van der Waals surface area contributed by atoms with Crippen LogP contribution in [0.5, 0.6) is 0 Å². The van der Waals surface area contributed by atoms with Crippen LogP contribution >= 0.6 is 0 Å². The Hall–Kier alpha value is -0.680. The van der Waals surface area contributed by atoms with Crippen molar-refractivity contribution >= 4 is 0 Å². The van der Waals surface area contributed by atoms with Crippen LogP contribution < -0.4 is 0 Å². The van der Waals surface area contributed by atoms with Gasteiger partial charge in [-0.25, -0.2) is 13.2 Å². The first-order valence-corrected chi connectivity index (χ1v) is 3.37. The van der Waals surface area contributed by atoms with Crippen LogP contribution in [-0.4, -0.2) is 18.3 Å². The van der Waals surface area contributed by atoms with Gasteiger partial charge < -0.3 is 0 Å². The molecule has 13 heavy (non-hydrogen) atoms. The zero-order valence-electron chi connectivity index (χ0n) is 6.54. The van der Waals surface area contributed by atoms with Crippen LogP contribution in [-0.2, 0) is 0 Å². The van der Waals surface area contributed by atoms with Gasteiger partial charge in [-0.1, -0.05) is 6.08 Å². The molecule has 0 aliphatic rings. The first-order chi connectivity index (χ1) is 5.66. The standard InChI is InChI=1S/C7H8F6/c1-2-5(8)3-6(9,10)4-7(11,12)13/h2,5H,1,3-4H2. The maximum absolute atomic E-state index is 12.3. The highest BCUT2D eigenvalue weighted by atomic mass is 19.4. The number of hydrogen-bond donors (Lipinski definition) is 0. The van der Waals surface area contributed by atoms with E-state index in [-0.39, 0.29) is 0 Å². The van der Waals surface area contributed by atoms with Crippen LogP contribution in [0.25, 0.3) is 0 Å². The van der Waals surface area contributed by atoms with Gasteiger partial charge in [0.1, 0.15) is 12.6 Å². The van der Waals surface area contributed by atoms with Gasteiger partial charge in [-0.05, 0) is 0 Å². The molecule has 0 aromatic rings. The van der Waals surface area contributed by atoms with E-state index < -0.39 is 31.1 Å². The highest BCUT2D eigenvalue weighted by Gasteiger charge is 2.44. The van der Waals surface area contributed by atoms with Crippen molar-refractivity contribution in [2.75, 3.05) is 0 Å². The summed E-state index contributed by atoms with van der Waals surface area (Å²) in [6.45, 7) is 2.85. The second-order valence-electron chi connectivity index (χ2n) is 2.60. The summed E-state index contributed by atoms with van der Waals surface area (Å²) < 4.78 is 71.4. The molecule has 0 spiro atoms. The van der Waals surface area contributed by atoms with E-state index in [0.29, 0.717) is 6.08 Å². The molecular formula is C7H8F6. The van der Waals surface area contributed by atoms with Gasteiger partial charge in [-0.15, -0.1) is 6.58 Å². The van der Waals surface area contributed by atoms with Gasteiger partial charge in [0.25, 0.3) is 5.92 Å². The van der Waals surface area contributed by atoms with Crippen molar-refractivity contribution in [3.63, 3.8) is 0 Å². The summed E-state index contributed by atoms with van der Waals surface area (Å²) in [5.41, 5.74) is 0. The number of hydrogen-bond acceptors (Lipinski definition) is 0. The van der Waals surface area contributed by atoms with Gasteiger partial charge in [0.2, 0.25) is 0 Å². The van der Waals surface area contributed by atoms with Crippen molar-refractivity contribution in [1.29, 1.82) is 0 Å². The van der Waals surface area contributed by atoms with E-state index in [4.69, 9.17) is 0 Å². The molecule has 0 amide bonds. The van der Waals surface area contributed by atoms with Crippen molar-refractivity contribution in [1.82, 2.24) is 0 Å².